The third-order valence-electron chi connectivity index (χ3n) is 4.10. The number of carbonyl (C=O) groups is 2. The van der Waals surface area contributed by atoms with Gasteiger partial charge in [0.15, 0.2) is 5.78 Å². The molecule has 22 heavy (non-hydrogen) atoms. The Bertz CT molecular complexity index is 676. The number of nitrogens with one attached hydrogen (secondary N) is 1. The van der Waals surface area contributed by atoms with Crippen LogP contribution < -0.4 is 5.32 Å². The van der Waals surface area contributed by atoms with Crippen LogP contribution in [0.3, 0.4) is 0 Å². The van der Waals surface area contributed by atoms with Gasteiger partial charge in [0.1, 0.15) is 5.92 Å². The number of carbonyl (C=O) groups excluding carboxylic acids is 2. The largest absolute Gasteiger partial charge is 0.353 e. The van der Waals surface area contributed by atoms with Gasteiger partial charge in [-0.05, 0) is 30.9 Å². The van der Waals surface area contributed by atoms with Crippen molar-refractivity contribution in [1.82, 2.24) is 5.32 Å². The normalized spacial score (nSPS) is 20.7. The van der Waals surface area contributed by atoms with Gasteiger partial charge in [-0.25, -0.2) is 0 Å². The molecule has 0 aliphatic carbocycles. The van der Waals surface area contributed by atoms with Gasteiger partial charge in [0.25, 0.3) is 0 Å². The highest BCUT2D eigenvalue weighted by Crippen LogP contribution is 2.21. The topological polar surface area (TPSA) is 46.2 Å². The Morgan fingerprint density at radius 1 is 1.05 bits per heavy atom. The van der Waals surface area contributed by atoms with Crippen molar-refractivity contribution in [2.75, 3.05) is 0 Å². The van der Waals surface area contributed by atoms with E-state index in [2.05, 4.69) is 17.4 Å². The average Bonchev–Trinajstić information content (AvgIpc) is 2.87. The summed E-state index contributed by atoms with van der Waals surface area (Å²) in [5.74, 6) is -0.756. The van der Waals surface area contributed by atoms with E-state index in [1.807, 2.05) is 49.4 Å². The molecule has 1 saturated heterocycles. The Labute approximate surface area is 130 Å². The van der Waals surface area contributed by atoms with Crippen molar-refractivity contribution in [2.24, 2.45) is 5.92 Å². The molecule has 1 heterocycles. The van der Waals surface area contributed by atoms with E-state index in [1.165, 1.54) is 5.56 Å². The summed E-state index contributed by atoms with van der Waals surface area (Å²) >= 11 is 0. The fourth-order valence-electron chi connectivity index (χ4n) is 2.91. The van der Waals surface area contributed by atoms with Crippen LogP contribution in [-0.2, 0) is 11.2 Å². The molecule has 1 N–H and O–H groups in total. The first-order valence-electron chi connectivity index (χ1n) is 7.61. The Morgan fingerprint density at radius 2 is 1.68 bits per heavy atom. The van der Waals surface area contributed by atoms with Crippen LogP contribution in [0.15, 0.2) is 54.6 Å². The number of rotatable bonds is 4. The molecule has 3 nitrogen and oxygen atoms in total. The lowest BCUT2D eigenvalue weighted by Gasteiger charge is -2.07. The van der Waals surface area contributed by atoms with Crippen LogP contribution in [0.1, 0.15) is 34.8 Å². The molecule has 1 amide bonds. The number of hydrogen-bond acceptors (Lipinski definition) is 2. The fourth-order valence-corrected chi connectivity index (χ4v) is 2.91. The lowest BCUT2D eigenvalue weighted by atomic mass is 9.93. The first-order valence-corrected chi connectivity index (χ1v) is 7.61. The molecule has 0 radical (unpaired) electrons. The van der Waals surface area contributed by atoms with E-state index in [9.17, 15) is 9.59 Å². The summed E-state index contributed by atoms with van der Waals surface area (Å²) in [4.78, 5) is 24.2. The second-order valence-corrected chi connectivity index (χ2v) is 5.92. The van der Waals surface area contributed by atoms with E-state index in [4.69, 9.17) is 0 Å². The Morgan fingerprint density at radius 3 is 2.27 bits per heavy atom. The predicted molar refractivity (Wildman–Crippen MR) is 85.7 cm³/mol. The van der Waals surface area contributed by atoms with Gasteiger partial charge < -0.3 is 5.32 Å². The van der Waals surface area contributed by atoms with Crippen LogP contribution >= 0.6 is 0 Å². The quantitative estimate of drug-likeness (QED) is 0.696. The van der Waals surface area contributed by atoms with Gasteiger partial charge in [-0.2, -0.15) is 0 Å². The maximum absolute atomic E-state index is 12.4. The third-order valence-corrected chi connectivity index (χ3v) is 4.10. The second kappa shape index (κ2) is 6.14. The lowest BCUT2D eigenvalue weighted by Crippen LogP contribution is -2.27. The molecule has 112 valence electrons. The molecule has 0 bridgehead atoms. The van der Waals surface area contributed by atoms with Crippen molar-refractivity contribution in [3.8, 4) is 0 Å². The molecule has 0 saturated carbocycles. The van der Waals surface area contributed by atoms with Crippen molar-refractivity contribution < 1.29 is 9.59 Å². The fraction of sp³-hybridized carbons (Fsp3) is 0.263. The van der Waals surface area contributed by atoms with Crippen LogP contribution in [0.2, 0.25) is 0 Å². The van der Waals surface area contributed by atoms with Crippen LogP contribution in [0.4, 0.5) is 0 Å². The summed E-state index contributed by atoms with van der Waals surface area (Å²) in [6.45, 7) is 1.92. The number of benzene rings is 2. The van der Waals surface area contributed by atoms with Crippen molar-refractivity contribution in [2.45, 2.75) is 25.8 Å². The van der Waals surface area contributed by atoms with Gasteiger partial charge in [0.2, 0.25) is 5.91 Å². The third kappa shape index (κ3) is 3.08. The lowest BCUT2D eigenvalue weighted by molar-refractivity contribution is -0.121. The van der Waals surface area contributed by atoms with Crippen molar-refractivity contribution in [3.63, 3.8) is 0 Å². The summed E-state index contributed by atoms with van der Waals surface area (Å²) in [6.07, 6.45) is 1.43. The Kier molecular flexibility index (Phi) is 4.05. The summed E-state index contributed by atoms with van der Waals surface area (Å²) in [5.41, 5.74) is 3.02. The zero-order chi connectivity index (χ0) is 15.5. The highest BCUT2D eigenvalue weighted by atomic mass is 16.2. The predicted octanol–water partition coefficient (Wildman–Crippen LogP) is 2.98. The maximum atomic E-state index is 12.4. The van der Waals surface area contributed by atoms with Crippen molar-refractivity contribution in [1.29, 1.82) is 0 Å². The number of ketones is 1. The zero-order valence-corrected chi connectivity index (χ0v) is 12.6. The van der Waals surface area contributed by atoms with Gasteiger partial charge >= 0.3 is 0 Å². The van der Waals surface area contributed by atoms with Gasteiger partial charge in [-0.3, -0.25) is 9.59 Å². The molecule has 0 spiro atoms. The second-order valence-electron chi connectivity index (χ2n) is 5.92. The molecular formula is C19H19NO2. The van der Waals surface area contributed by atoms with E-state index in [0.29, 0.717) is 12.0 Å². The summed E-state index contributed by atoms with van der Waals surface area (Å²) in [6, 6.07) is 17.9. The van der Waals surface area contributed by atoms with Crippen LogP contribution in [0.5, 0.6) is 0 Å². The zero-order valence-electron chi connectivity index (χ0n) is 12.6. The van der Waals surface area contributed by atoms with E-state index in [1.54, 1.807) is 0 Å². The number of amides is 1. The molecule has 3 heteroatoms. The summed E-state index contributed by atoms with van der Waals surface area (Å²) < 4.78 is 0. The molecule has 2 aromatic rings. The first-order chi connectivity index (χ1) is 10.6. The van der Waals surface area contributed by atoms with Gasteiger partial charge in [0, 0.05) is 11.6 Å². The van der Waals surface area contributed by atoms with E-state index in [-0.39, 0.29) is 17.7 Å². The number of hydrogen-bond donors (Lipinski definition) is 1. The molecule has 1 aliphatic rings. The Balaban J connectivity index is 1.71. The Hall–Kier alpha value is -2.42. The average molecular weight is 293 g/mol. The van der Waals surface area contributed by atoms with Gasteiger partial charge in [-0.15, -0.1) is 0 Å². The van der Waals surface area contributed by atoms with Crippen molar-refractivity contribution in [3.05, 3.63) is 71.3 Å². The molecule has 1 aliphatic heterocycles. The van der Waals surface area contributed by atoms with Gasteiger partial charge in [-0.1, -0.05) is 54.6 Å². The highest BCUT2D eigenvalue weighted by Gasteiger charge is 2.35. The minimum Gasteiger partial charge on any atom is -0.353 e. The molecule has 0 aromatic heterocycles. The maximum Gasteiger partial charge on any atom is 0.231 e. The standard InChI is InChI=1S/C19H19NO2/c1-13-11-17(19(22)20-13)18(21)16-9-7-15(8-10-16)12-14-5-3-2-4-6-14/h2-10,13,17H,11-12H2,1H3,(H,20,22)/t13-,17?/m1/s1. The van der Waals surface area contributed by atoms with Crippen LogP contribution in [-0.4, -0.2) is 17.7 Å². The minimum atomic E-state index is -0.532. The van der Waals surface area contributed by atoms with E-state index < -0.39 is 5.92 Å². The monoisotopic (exact) mass is 293 g/mol. The van der Waals surface area contributed by atoms with E-state index >= 15 is 0 Å². The summed E-state index contributed by atoms with van der Waals surface area (Å²) in [5, 5.41) is 2.80. The SMILES string of the molecule is C[C@@H]1CC(C(=O)c2ccc(Cc3ccccc3)cc2)C(=O)N1. The smallest absolute Gasteiger partial charge is 0.231 e. The highest BCUT2D eigenvalue weighted by molar-refractivity contribution is 6.11. The molecule has 2 aromatic carbocycles. The first kappa shape index (κ1) is 14.5. The van der Waals surface area contributed by atoms with Crippen LogP contribution in [0.25, 0.3) is 0 Å². The van der Waals surface area contributed by atoms with Crippen molar-refractivity contribution >= 4 is 11.7 Å². The van der Waals surface area contributed by atoms with E-state index in [0.717, 1.165) is 12.0 Å². The van der Waals surface area contributed by atoms with Crippen LogP contribution in [0, 0.1) is 5.92 Å². The minimum absolute atomic E-state index is 0.0758. The molecule has 3 rings (SSSR count). The summed E-state index contributed by atoms with van der Waals surface area (Å²) in [7, 11) is 0. The molecular weight excluding hydrogens is 274 g/mol. The molecule has 1 unspecified atom stereocenters. The molecule has 2 atom stereocenters. The number of Topliss-reactive ketones (excluding diaryl/α,β-unsaturated/α-hetero) is 1. The van der Waals surface area contributed by atoms with Gasteiger partial charge in [0.05, 0.1) is 0 Å². The molecule has 1 fully saturated rings.